The SMILES string of the molecule is CC1=C(c2ccc(C)c(C)c2)S(=O)(=O)NC1=NC(C)C12CC3CC(CC(C3)C1)C2. The molecule has 0 amide bonds. The summed E-state index contributed by atoms with van der Waals surface area (Å²) in [5.74, 6) is 3.16. The molecule has 4 bridgehead atoms. The van der Waals surface area contributed by atoms with Gasteiger partial charge in [-0.3, -0.25) is 9.71 Å². The van der Waals surface area contributed by atoms with E-state index in [1.54, 1.807) is 0 Å². The minimum absolute atomic E-state index is 0.155. The van der Waals surface area contributed by atoms with Crippen molar-refractivity contribution in [3.05, 3.63) is 40.5 Å². The van der Waals surface area contributed by atoms with Gasteiger partial charge in [-0.2, -0.15) is 0 Å². The Morgan fingerprint density at radius 3 is 2.14 bits per heavy atom. The van der Waals surface area contributed by atoms with Crippen molar-refractivity contribution in [1.29, 1.82) is 0 Å². The van der Waals surface area contributed by atoms with Crippen LogP contribution in [-0.4, -0.2) is 20.3 Å². The molecule has 0 spiro atoms. The summed E-state index contributed by atoms with van der Waals surface area (Å²) in [6.07, 6.45) is 8.05. The van der Waals surface area contributed by atoms with Crippen molar-refractivity contribution >= 4 is 20.8 Å². The molecule has 1 aromatic rings. The standard InChI is InChI=1S/C24H32N2O2S/c1-14-5-6-21(7-15(14)2)22-16(3)23(26-29(22,27)28)25-17(4)24-11-18-8-19(12-24)10-20(9-18)13-24/h5-7,17-20H,8-13H2,1-4H3,(H,25,26). The van der Waals surface area contributed by atoms with E-state index in [1.807, 2.05) is 39.0 Å². The Hall–Kier alpha value is -1.62. The Kier molecular flexibility index (Phi) is 4.29. The summed E-state index contributed by atoms with van der Waals surface area (Å²) in [5, 5.41) is 0. The van der Waals surface area contributed by atoms with E-state index in [0.717, 1.165) is 34.5 Å². The number of hydrogen-bond donors (Lipinski definition) is 1. The second-order valence-electron chi connectivity index (χ2n) is 10.3. The fourth-order valence-electron chi connectivity index (χ4n) is 6.96. The first-order valence-electron chi connectivity index (χ1n) is 11.1. The maximum Gasteiger partial charge on any atom is 0.264 e. The van der Waals surface area contributed by atoms with E-state index >= 15 is 0 Å². The second-order valence-corrected chi connectivity index (χ2v) is 11.9. The largest absolute Gasteiger partial charge is 0.264 e. The summed E-state index contributed by atoms with van der Waals surface area (Å²) < 4.78 is 28.7. The quantitative estimate of drug-likeness (QED) is 0.762. The zero-order valence-corrected chi connectivity index (χ0v) is 18.8. The van der Waals surface area contributed by atoms with Gasteiger partial charge < -0.3 is 0 Å². The molecule has 1 unspecified atom stereocenters. The summed E-state index contributed by atoms with van der Waals surface area (Å²) in [5.41, 5.74) is 4.05. The fourth-order valence-corrected chi connectivity index (χ4v) is 8.46. The normalized spacial score (nSPS) is 37.2. The van der Waals surface area contributed by atoms with Crippen LogP contribution >= 0.6 is 0 Å². The molecular formula is C24H32N2O2S. The zero-order chi connectivity index (χ0) is 20.6. The number of rotatable bonds is 3. The van der Waals surface area contributed by atoms with Gasteiger partial charge in [-0.25, -0.2) is 8.42 Å². The Balaban J connectivity index is 1.50. The van der Waals surface area contributed by atoms with Gasteiger partial charge in [0.1, 0.15) is 10.7 Å². The van der Waals surface area contributed by atoms with Crippen LogP contribution in [0.25, 0.3) is 4.91 Å². The number of hydrogen-bond acceptors (Lipinski definition) is 3. The maximum atomic E-state index is 13.0. The summed E-state index contributed by atoms with van der Waals surface area (Å²) in [7, 11) is -3.57. The van der Waals surface area contributed by atoms with Gasteiger partial charge in [-0.1, -0.05) is 18.2 Å². The van der Waals surface area contributed by atoms with Gasteiger partial charge >= 0.3 is 0 Å². The van der Waals surface area contributed by atoms with Crippen LogP contribution in [-0.2, 0) is 10.0 Å². The van der Waals surface area contributed by atoms with Crippen LogP contribution < -0.4 is 4.72 Å². The van der Waals surface area contributed by atoms with E-state index in [1.165, 1.54) is 44.1 Å². The lowest BCUT2D eigenvalue weighted by molar-refractivity contribution is -0.0633. The topological polar surface area (TPSA) is 58.5 Å². The van der Waals surface area contributed by atoms with Crippen LogP contribution in [0.4, 0.5) is 0 Å². The summed E-state index contributed by atoms with van der Waals surface area (Å²) in [6.45, 7) is 8.18. The molecular weight excluding hydrogens is 380 g/mol. The third kappa shape index (κ3) is 3.08. The first-order chi connectivity index (χ1) is 13.7. The van der Waals surface area contributed by atoms with E-state index in [2.05, 4.69) is 11.6 Å². The highest BCUT2D eigenvalue weighted by Crippen LogP contribution is 2.61. The lowest BCUT2D eigenvalue weighted by Gasteiger charge is -2.58. The van der Waals surface area contributed by atoms with E-state index in [-0.39, 0.29) is 11.5 Å². The molecule has 1 aliphatic heterocycles. The number of amidine groups is 1. The van der Waals surface area contributed by atoms with Gasteiger partial charge in [0.2, 0.25) is 0 Å². The van der Waals surface area contributed by atoms with E-state index in [4.69, 9.17) is 4.99 Å². The summed E-state index contributed by atoms with van der Waals surface area (Å²) in [4.78, 5) is 5.41. The summed E-state index contributed by atoms with van der Waals surface area (Å²) in [6, 6.07) is 6.03. The van der Waals surface area contributed by atoms with E-state index in [0.29, 0.717) is 10.7 Å². The Morgan fingerprint density at radius 2 is 1.59 bits per heavy atom. The fraction of sp³-hybridized carbons (Fsp3) is 0.625. The maximum absolute atomic E-state index is 13.0. The van der Waals surface area contributed by atoms with Gasteiger partial charge in [0.15, 0.2) is 0 Å². The predicted molar refractivity (Wildman–Crippen MR) is 118 cm³/mol. The van der Waals surface area contributed by atoms with Crippen molar-refractivity contribution < 1.29 is 8.42 Å². The molecule has 4 saturated carbocycles. The van der Waals surface area contributed by atoms with Crippen LogP contribution in [0.15, 0.2) is 28.8 Å². The first-order valence-corrected chi connectivity index (χ1v) is 12.5. The average Bonchev–Trinajstić information content (AvgIpc) is 2.85. The number of nitrogens with zero attached hydrogens (tertiary/aromatic N) is 1. The minimum atomic E-state index is -3.57. The molecule has 0 radical (unpaired) electrons. The number of benzene rings is 1. The number of aryl methyl sites for hydroxylation is 2. The van der Waals surface area contributed by atoms with Crippen molar-refractivity contribution in [3.8, 4) is 0 Å². The molecule has 6 rings (SSSR count). The Bertz CT molecular complexity index is 1000. The molecule has 1 aromatic carbocycles. The smallest absolute Gasteiger partial charge is 0.264 e. The lowest BCUT2D eigenvalue weighted by atomic mass is 9.48. The molecule has 1 N–H and O–H groups in total. The molecule has 29 heavy (non-hydrogen) atoms. The molecule has 1 heterocycles. The highest BCUT2D eigenvalue weighted by atomic mass is 32.2. The third-order valence-corrected chi connectivity index (χ3v) is 9.80. The number of sulfonamides is 1. The Labute approximate surface area is 174 Å². The molecule has 4 nitrogen and oxygen atoms in total. The van der Waals surface area contributed by atoms with Crippen molar-refractivity contribution in [2.75, 3.05) is 0 Å². The molecule has 5 aliphatic rings. The molecule has 156 valence electrons. The van der Waals surface area contributed by atoms with Crippen molar-refractivity contribution in [1.82, 2.24) is 4.72 Å². The van der Waals surface area contributed by atoms with Gasteiger partial charge in [-0.15, -0.1) is 0 Å². The minimum Gasteiger partial charge on any atom is -0.264 e. The van der Waals surface area contributed by atoms with Crippen LogP contribution in [0.5, 0.6) is 0 Å². The monoisotopic (exact) mass is 412 g/mol. The molecule has 0 aromatic heterocycles. The highest BCUT2D eigenvalue weighted by Gasteiger charge is 2.53. The van der Waals surface area contributed by atoms with Gasteiger partial charge in [0, 0.05) is 5.57 Å². The molecule has 4 aliphatic carbocycles. The van der Waals surface area contributed by atoms with Crippen molar-refractivity contribution in [2.45, 2.75) is 72.3 Å². The molecule has 5 heteroatoms. The van der Waals surface area contributed by atoms with Crippen molar-refractivity contribution in [2.24, 2.45) is 28.2 Å². The number of aliphatic imine (C=N–C) groups is 1. The second kappa shape index (κ2) is 6.44. The van der Waals surface area contributed by atoms with Gasteiger partial charge in [0.25, 0.3) is 10.0 Å². The van der Waals surface area contributed by atoms with Gasteiger partial charge in [-0.05, 0) is 106 Å². The lowest BCUT2D eigenvalue weighted by Crippen LogP contribution is -2.50. The van der Waals surface area contributed by atoms with Crippen molar-refractivity contribution in [3.63, 3.8) is 0 Å². The number of nitrogens with one attached hydrogen (secondary N) is 1. The Morgan fingerprint density at radius 1 is 1.00 bits per heavy atom. The molecule has 4 fully saturated rings. The summed E-state index contributed by atoms with van der Waals surface area (Å²) >= 11 is 0. The van der Waals surface area contributed by atoms with Gasteiger partial charge in [0.05, 0.1) is 6.04 Å². The van der Waals surface area contributed by atoms with E-state index in [9.17, 15) is 8.42 Å². The molecule has 1 atom stereocenters. The van der Waals surface area contributed by atoms with Crippen LogP contribution in [0.2, 0.25) is 0 Å². The third-order valence-electron chi connectivity index (χ3n) is 8.26. The average molecular weight is 413 g/mol. The molecule has 0 saturated heterocycles. The van der Waals surface area contributed by atoms with E-state index < -0.39 is 10.0 Å². The first kappa shape index (κ1) is 19.3. The van der Waals surface area contributed by atoms with Crippen LogP contribution in [0, 0.1) is 37.0 Å². The highest BCUT2D eigenvalue weighted by molar-refractivity contribution is 8.00. The van der Waals surface area contributed by atoms with Crippen LogP contribution in [0.3, 0.4) is 0 Å². The predicted octanol–water partition coefficient (Wildman–Crippen LogP) is 4.97. The van der Waals surface area contributed by atoms with Crippen LogP contribution in [0.1, 0.15) is 69.1 Å². The zero-order valence-electron chi connectivity index (χ0n) is 18.0.